The molecule has 7 rings (SSSR count). The molecule has 0 bridgehead atoms. The first-order chi connectivity index (χ1) is 20.0. The second-order valence-corrected chi connectivity index (χ2v) is 10.1. The average Bonchev–Trinajstić information content (AvgIpc) is 3.33. The van der Waals surface area contributed by atoms with Crippen LogP contribution in [0.1, 0.15) is 28.4 Å². The van der Waals surface area contributed by atoms with Crippen LogP contribution in [0.5, 0.6) is 5.75 Å². The zero-order valence-corrected chi connectivity index (χ0v) is 22.8. The summed E-state index contributed by atoms with van der Waals surface area (Å²) in [5, 5.41) is 8.39. The lowest BCUT2D eigenvalue weighted by Gasteiger charge is -2.40. The number of hydrogen-bond donors (Lipinski definition) is 1. The van der Waals surface area contributed by atoms with Gasteiger partial charge in [-0.2, -0.15) is 5.10 Å². The molecule has 0 saturated carbocycles. The Morgan fingerprint density at radius 2 is 1.56 bits per heavy atom. The summed E-state index contributed by atoms with van der Waals surface area (Å²) in [7, 11) is 1.64. The van der Waals surface area contributed by atoms with E-state index < -0.39 is 6.04 Å². The molecule has 0 amide bonds. The first kappa shape index (κ1) is 24.8. The highest BCUT2D eigenvalue weighted by Crippen LogP contribution is 2.48. The van der Waals surface area contributed by atoms with Gasteiger partial charge in [-0.05, 0) is 68.4 Å². The van der Waals surface area contributed by atoms with Crippen molar-refractivity contribution in [1.29, 1.82) is 0 Å². The van der Waals surface area contributed by atoms with Gasteiger partial charge in [-0.3, -0.25) is 0 Å². The largest absolute Gasteiger partial charge is 0.497 e. The van der Waals surface area contributed by atoms with Crippen LogP contribution in [0, 0.1) is 19.7 Å². The maximum absolute atomic E-state index is 15.7. The Labute approximate surface area is 237 Å². The number of para-hydroxylation sites is 2. The molecule has 7 nitrogen and oxygen atoms in total. The van der Waals surface area contributed by atoms with Gasteiger partial charge in [0.1, 0.15) is 11.6 Å². The van der Waals surface area contributed by atoms with Crippen molar-refractivity contribution in [2.24, 2.45) is 9.98 Å². The van der Waals surface area contributed by atoms with E-state index in [-0.39, 0.29) is 5.82 Å². The number of methoxy groups -OCH3 is 1. The Balaban J connectivity index is 1.48. The summed E-state index contributed by atoms with van der Waals surface area (Å²) in [5.41, 5.74) is 6.61. The van der Waals surface area contributed by atoms with Gasteiger partial charge in [-0.25, -0.2) is 19.1 Å². The zero-order chi connectivity index (χ0) is 28.1. The minimum atomic E-state index is -0.526. The number of aliphatic imine (C=N–C) groups is 2. The predicted molar refractivity (Wildman–Crippen MR) is 161 cm³/mol. The summed E-state index contributed by atoms with van der Waals surface area (Å²) in [6.07, 6.45) is 0. The van der Waals surface area contributed by atoms with Gasteiger partial charge in [0.05, 0.1) is 35.9 Å². The number of nitrogens with one attached hydrogen (secondary N) is 1. The Morgan fingerprint density at radius 1 is 0.829 bits per heavy atom. The number of anilines is 2. The third-order valence-corrected chi connectivity index (χ3v) is 7.47. The number of halogens is 1. The SMILES string of the molecule is COc1ccc(NC2=Nc3ccccc3N3C2=Nc2c(c(C)nn2-c2ccc(C)cc2)[C@@H]3c2ccccc2F)cc1. The molecule has 5 aromatic rings. The summed E-state index contributed by atoms with van der Waals surface area (Å²) in [5.74, 6) is 2.24. The molecule has 202 valence electrons. The van der Waals surface area contributed by atoms with Gasteiger partial charge in [0.25, 0.3) is 0 Å². The van der Waals surface area contributed by atoms with Crippen LogP contribution in [0.15, 0.2) is 107 Å². The smallest absolute Gasteiger partial charge is 0.179 e. The summed E-state index contributed by atoms with van der Waals surface area (Å²) < 4.78 is 22.8. The lowest BCUT2D eigenvalue weighted by atomic mass is 9.93. The normalized spacial score (nSPS) is 15.3. The molecule has 0 spiro atoms. The second kappa shape index (κ2) is 9.75. The maximum atomic E-state index is 15.7. The summed E-state index contributed by atoms with van der Waals surface area (Å²) in [6.45, 7) is 4.01. The molecule has 2 aliphatic rings. The Bertz CT molecular complexity index is 1840. The summed E-state index contributed by atoms with van der Waals surface area (Å²) in [6, 6.07) is 30.0. The third kappa shape index (κ3) is 4.15. The van der Waals surface area contributed by atoms with E-state index in [0.717, 1.165) is 45.3 Å². The number of ether oxygens (including phenoxy) is 1. The monoisotopic (exact) mass is 542 g/mol. The summed E-state index contributed by atoms with van der Waals surface area (Å²) >= 11 is 0. The number of amidine groups is 2. The van der Waals surface area contributed by atoms with Crippen LogP contribution in [0.2, 0.25) is 0 Å². The van der Waals surface area contributed by atoms with Gasteiger partial charge < -0.3 is 15.0 Å². The fraction of sp³-hybridized carbons (Fsp3) is 0.121. The Hall–Kier alpha value is -5.24. The fourth-order valence-electron chi connectivity index (χ4n) is 5.47. The van der Waals surface area contributed by atoms with Crippen molar-refractivity contribution in [3.8, 4) is 11.4 Å². The van der Waals surface area contributed by atoms with Gasteiger partial charge in [-0.15, -0.1) is 0 Å². The number of fused-ring (bicyclic) bond motifs is 4. The standard InChI is InChI=1S/C33H27FN6O/c1-20-12-16-23(17-13-20)40-32-29(21(2)38-40)30(25-8-4-5-9-26(25)34)39-28-11-7-6-10-27(28)36-31(33(39)37-32)35-22-14-18-24(41-3)19-15-22/h4-19,30H,1-3H3,(H,35,36)/t30-/m0/s1. The van der Waals surface area contributed by atoms with Crippen LogP contribution in [0.4, 0.5) is 27.3 Å². The first-order valence-electron chi connectivity index (χ1n) is 13.4. The van der Waals surface area contributed by atoms with Crippen molar-refractivity contribution in [3.63, 3.8) is 0 Å². The van der Waals surface area contributed by atoms with E-state index in [1.807, 2.05) is 103 Å². The van der Waals surface area contributed by atoms with E-state index in [2.05, 4.69) is 10.2 Å². The minimum Gasteiger partial charge on any atom is -0.497 e. The highest BCUT2D eigenvalue weighted by molar-refractivity contribution is 6.51. The summed E-state index contributed by atoms with van der Waals surface area (Å²) in [4.78, 5) is 12.3. The number of nitrogens with zero attached hydrogens (tertiary/aromatic N) is 5. The number of rotatable bonds is 4. The van der Waals surface area contributed by atoms with Crippen LogP contribution in [-0.2, 0) is 0 Å². The van der Waals surface area contributed by atoms with Crippen LogP contribution in [0.3, 0.4) is 0 Å². The Morgan fingerprint density at radius 3 is 2.32 bits per heavy atom. The van der Waals surface area contributed by atoms with Crippen LogP contribution in [0.25, 0.3) is 5.69 Å². The number of hydrogen-bond acceptors (Lipinski definition) is 6. The lowest BCUT2D eigenvalue weighted by molar-refractivity contribution is 0.415. The molecule has 0 unspecified atom stereocenters. The molecule has 3 heterocycles. The zero-order valence-electron chi connectivity index (χ0n) is 22.8. The van der Waals surface area contributed by atoms with Crippen LogP contribution in [-0.4, -0.2) is 28.6 Å². The molecule has 0 radical (unpaired) electrons. The van der Waals surface area contributed by atoms with Crippen molar-refractivity contribution in [3.05, 3.63) is 125 Å². The van der Waals surface area contributed by atoms with Gasteiger partial charge in [0.15, 0.2) is 17.5 Å². The quantitative estimate of drug-likeness (QED) is 0.256. The molecule has 1 N–H and O–H groups in total. The number of benzene rings is 4. The molecule has 2 aliphatic heterocycles. The highest BCUT2D eigenvalue weighted by Gasteiger charge is 2.42. The minimum absolute atomic E-state index is 0.295. The maximum Gasteiger partial charge on any atom is 0.179 e. The molecule has 1 aromatic heterocycles. The number of aromatic nitrogens is 2. The van der Waals surface area contributed by atoms with Gasteiger partial charge in [0.2, 0.25) is 0 Å². The van der Waals surface area contributed by atoms with Crippen LogP contribution >= 0.6 is 0 Å². The predicted octanol–water partition coefficient (Wildman–Crippen LogP) is 7.43. The van der Waals surface area contributed by atoms with Crippen LogP contribution < -0.4 is 15.0 Å². The van der Waals surface area contributed by atoms with Gasteiger partial charge in [-0.1, -0.05) is 48.0 Å². The molecule has 1 atom stereocenters. The molecule has 4 aromatic carbocycles. The molecule has 0 fully saturated rings. The average molecular weight is 543 g/mol. The lowest BCUT2D eigenvalue weighted by Crippen LogP contribution is -2.46. The highest BCUT2D eigenvalue weighted by atomic mass is 19.1. The topological polar surface area (TPSA) is 67.0 Å². The third-order valence-electron chi connectivity index (χ3n) is 7.47. The molecular weight excluding hydrogens is 515 g/mol. The molecule has 0 saturated heterocycles. The van der Waals surface area contributed by atoms with E-state index in [0.29, 0.717) is 23.1 Å². The van der Waals surface area contributed by atoms with Crippen molar-refractivity contribution < 1.29 is 9.13 Å². The van der Waals surface area contributed by atoms with E-state index >= 15 is 4.39 Å². The van der Waals surface area contributed by atoms with Crippen molar-refractivity contribution in [2.75, 3.05) is 17.3 Å². The van der Waals surface area contributed by atoms with E-state index in [9.17, 15) is 0 Å². The van der Waals surface area contributed by atoms with E-state index in [1.54, 1.807) is 13.2 Å². The first-order valence-corrected chi connectivity index (χ1v) is 13.4. The van der Waals surface area contributed by atoms with Gasteiger partial charge in [0, 0.05) is 16.8 Å². The van der Waals surface area contributed by atoms with E-state index in [1.165, 1.54) is 6.07 Å². The van der Waals surface area contributed by atoms with Crippen molar-refractivity contribution in [2.45, 2.75) is 19.9 Å². The van der Waals surface area contributed by atoms with E-state index in [4.69, 9.17) is 19.8 Å². The molecule has 0 aliphatic carbocycles. The van der Waals surface area contributed by atoms with Crippen molar-refractivity contribution in [1.82, 2.24) is 9.78 Å². The fourth-order valence-corrected chi connectivity index (χ4v) is 5.47. The molecule has 8 heteroatoms. The molecular formula is C33H27FN6O. The van der Waals surface area contributed by atoms with Gasteiger partial charge >= 0.3 is 0 Å². The van der Waals surface area contributed by atoms with Crippen molar-refractivity contribution >= 4 is 34.6 Å². The Kier molecular flexibility index (Phi) is 5.89. The molecule has 41 heavy (non-hydrogen) atoms. The number of aryl methyl sites for hydroxylation is 2. The second-order valence-electron chi connectivity index (χ2n) is 10.1.